The maximum Gasteiger partial charge on any atom is 0.416 e. The van der Waals surface area contributed by atoms with Crippen molar-refractivity contribution in [2.75, 3.05) is 24.7 Å². The molecule has 0 saturated carbocycles. The molecule has 1 atom stereocenters. The molecule has 1 fully saturated rings. The van der Waals surface area contributed by atoms with Crippen LogP contribution in [0.2, 0.25) is 0 Å². The number of morpholine rings is 1. The SMILES string of the molecule is Cc1cc(C(F)(F)F)cc(O)c1-c1ccc(N2CCO[C@H](CO)C2=O)nn1. The van der Waals surface area contributed by atoms with E-state index < -0.39 is 36.1 Å². The van der Waals surface area contributed by atoms with Crippen LogP contribution >= 0.6 is 0 Å². The Morgan fingerprint density at radius 2 is 2.04 bits per heavy atom. The number of phenols is 1. The molecular formula is C17H16F3N3O4. The van der Waals surface area contributed by atoms with E-state index in [4.69, 9.17) is 9.84 Å². The molecule has 0 spiro atoms. The number of aromatic nitrogens is 2. The van der Waals surface area contributed by atoms with Gasteiger partial charge in [-0.3, -0.25) is 9.69 Å². The highest BCUT2D eigenvalue weighted by Gasteiger charge is 2.33. The zero-order chi connectivity index (χ0) is 19.8. The van der Waals surface area contributed by atoms with Crippen molar-refractivity contribution >= 4 is 11.7 Å². The Kier molecular flexibility index (Phi) is 5.03. The number of aliphatic hydroxyl groups is 1. The molecule has 0 aliphatic carbocycles. The first-order valence-electron chi connectivity index (χ1n) is 8.01. The van der Waals surface area contributed by atoms with E-state index in [0.29, 0.717) is 6.07 Å². The number of halogens is 3. The van der Waals surface area contributed by atoms with Crippen molar-refractivity contribution in [2.45, 2.75) is 19.2 Å². The number of benzene rings is 1. The Morgan fingerprint density at radius 3 is 2.59 bits per heavy atom. The van der Waals surface area contributed by atoms with Crippen LogP contribution in [0, 0.1) is 6.92 Å². The molecule has 1 amide bonds. The fourth-order valence-electron chi connectivity index (χ4n) is 2.87. The predicted molar refractivity (Wildman–Crippen MR) is 88.1 cm³/mol. The Labute approximate surface area is 152 Å². The first-order chi connectivity index (χ1) is 12.7. The summed E-state index contributed by atoms with van der Waals surface area (Å²) in [5, 5.41) is 27.1. The number of anilines is 1. The summed E-state index contributed by atoms with van der Waals surface area (Å²) >= 11 is 0. The van der Waals surface area contributed by atoms with E-state index in [2.05, 4.69) is 10.2 Å². The van der Waals surface area contributed by atoms with Crippen molar-refractivity contribution in [3.63, 3.8) is 0 Å². The molecular weight excluding hydrogens is 367 g/mol. The van der Waals surface area contributed by atoms with Gasteiger partial charge >= 0.3 is 6.18 Å². The summed E-state index contributed by atoms with van der Waals surface area (Å²) in [6.45, 7) is 1.42. The van der Waals surface area contributed by atoms with E-state index in [1.54, 1.807) is 0 Å². The van der Waals surface area contributed by atoms with Crippen LogP contribution in [0.1, 0.15) is 11.1 Å². The molecule has 2 heterocycles. The summed E-state index contributed by atoms with van der Waals surface area (Å²) in [6.07, 6.45) is -5.54. The number of ether oxygens (including phenoxy) is 1. The molecule has 144 valence electrons. The molecule has 2 N–H and O–H groups in total. The van der Waals surface area contributed by atoms with Gasteiger partial charge in [-0.05, 0) is 36.8 Å². The largest absolute Gasteiger partial charge is 0.507 e. The number of rotatable bonds is 3. The summed E-state index contributed by atoms with van der Waals surface area (Å²) in [5.41, 5.74) is -0.475. The number of hydrogen-bond acceptors (Lipinski definition) is 6. The molecule has 0 bridgehead atoms. The summed E-state index contributed by atoms with van der Waals surface area (Å²) in [6, 6.07) is 4.47. The van der Waals surface area contributed by atoms with Gasteiger partial charge in [-0.15, -0.1) is 10.2 Å². The van der Waals surface area contributed by atoms with Gasteiger partial charge < -0.3 is 14.9 Å². The van der Waals surface area contributed by atoms with Gasteiger partial charge in [0.25, 0.3) is 5.91 Å². The lowest BCUT2D eigenvalue weighted by Gasteiger charge is -2.30. The fourth-order valence-corrected chi connectivity index (χ4v) is 2.87. The smallest absolute Gasteiger partial charge is 0.416 e. The molecule has 1 aliphatic heterocycles. The molecule has 0 radical (unpaired) electrons. The average molecular weight is 383 g/mol. The van der Waals surface area contributed by atoms with E-state index >= 15 is 0 Å². The van der Waals surface area contributed by atoms with Crippen molar-refractivity contribution < 1.29 is 32.9 Å². The molecule has 7 nitrogen and oxygen atoms in total. The highest BCUT2D eigenvalue weighted by atomic mass is 19.4. The molecule has 3 rings (SSSR count). The van der Waals surface area contributed by atoms with Gasteiger partial charge in [0, 0.05) is 5.56 Å². The Balaban J connectivity index is 1.91. The highest BCUT2D eigenvalue weighted by Crippen LogP contribution is 2.38. The number of aryl methyl sites for hydroxylation is 1. The lowest BCUT2D eigenvalue weighted by molar-refractivity contribution is -0.138. The topological polar surface area (TPSA) is 95.8 Å². The van der Waals surface area contributed by atoms with Gasteiger partial charge in [0.1, 0.15) is 5.75 Å². The third-order valence-electron chi connectivity index (χ3n) is 4.17. The normalized spacial score (nSPS) is 18.0. The number of carbonyl (C=O) groups is 1. The maximum absolute atomic E-state index is 12.8. The van der Waals surface area contributed by atoms with Gasteiger partial charge in [0.15, 0.2) is 11.9 Å². The van der Waals surface area contributed by atoms with E-state index in [1.165, 1.54) is 24.0 Å². The van der Waals surface area contributed by atoms with Crippen LogP contribution in [-0.2, 0) is 15.7 Å². The summed E-state index contributed by atoms with van der Waals surface area (Å²) in [7, 11) is 0. The Hall–Kier alpha value is -2.72. The monoisotopic (exact) mass is 383 g/mol. The minimum Gasteiger partial charge on any atom is -0.507 e. The van der Waals surface area contributed by atoms with Crippen LogP contribution in [0.5, 0.6) is 5.75 Å². The molecule has 27 heavy (non-hydrogen) atoms. The number of amides is 1. The van der Waals surface area contributed by atoms with Crippen molar-refractivity contribution in [3.8, 4) is 17.0 Å². The van der Waals surface area contributed by atoms with Gasteiger partial charge in [-0.25, -0.2) is 0 Å². The number of aromatic hydroxyl groups is 1. The third-order valence-corrected chi connectivity index (χ3v) is 4.17. The van der Waals surface area contributed by atoms with Crippen LogP contribution < -0.4 is 4.90 Å². The van der Waals surface area contributed by atoms with Gasteiger partial charge in [0.05, 0.1) is 31.0 Å². The average Bonchev–Trinajstić information content (AvgIpc) is 2.61. The second-order valence-electron chi connectivity index (χ2n) is 5.99. The third kappa shape index (κ3) is 3.71. The fraction of sp³-hybridized carbons (Fsp3) is 0.353. The molecule has 2 aromatic rings. The molecule has 1 saturated heterocycles. The van der Waals surface area contributed by atoms with Crippen molar-refractivity contribution in [1.29, 1.82) is 0 Å². The first-order valence-corrected chi connectivity index (χ1v) is 8.01. The van der Waals surface area contributed by atoms with Crippen molar-refractivity contribution in [2.24, 2.45) is 0 Å². The van der Waals surface area contributed by atoms with E-state index in [-0.39, 0.29) is 35.8 Å². The quantitative estimate of drug-likeness (QED) is 0.841. The van der Waals surface area contributed by atoms with Crippen molar-refractivity contribution in [1.82, 2.24) is 10.2 Å². The predicted octanol–water partition coefficient (Wildman–Crippen LogP) is 1.90. The minimum atomic E-state index is -4.57. The molecule has 1 aromatic heterocycles. The molecule has 1 aliphatic rings. The van der Waals surface area contributed by atoms with E-state index in [9.17, 15) is 23.1 Å². The number of aliphatic hydroxyl groups excluding tert-OH is 1. The summed E-state index contributed by atoms with van der Waals surface area (Å²) in [5.74, 6) is -0.805. The number of phenolic OH excluding ortho intramolecular Hbond substituents is 1. The Bertz CT molecular complexity index is 832. The van der Waals surface area contributed by atoms with Gasteiger partial charge in [-0.2, -0.15) is 13.2 Å². The second-order valence-corrected chi connectivity index (χ2v) is 5.99. The Morgan fingerprint density at radius 1 is 1.30 bits per heavy atom. The number of carbonyl (C=O) groups excluding carboxylic acids is 1. The van der Waals surface area contributed by atoms with Crippen LogP contribution in [0.15, 0.2) is 24.3 Å². The maximum atomic E-state index is 12.8. The van der Waals surface area contributed by atoms with Gasteiger partial charge in [0.2, 0.25) is 0 Å². The highest BCUT2D eigenvalue weighted by molar-refractivity contribution is 5.96. The summed E-state index contributed by atoms with van der Waals surface area (Å²) < 4.78 is 43.6. The lowest BCUT2D eigenvalue weighted by Crippen LogP contribution is -2.49. The van der Waals surface area contributed by atoms with E-state index in [0.717, 1.165) is 6.07 Å². The molecule has 10 heteroatoms. The van der Waals surface area contributed by atoms with Crippen LogP contribution in [0.4, 0.5) is 19.0 Å². The van der Waals surface area contributed by atoms with Crippen LogP contribution in [-0.4, -0.2) is 52.2 Å². The molecule has 1 aromatic carbocycles. The lowest BCUT2D eigenvalue weighted by atomic mass is 10.0. The standard InChI is InChI=1S/C17H16F3N3O4/c1-9-6-10(17(18,19)20)7-12(25)15(9)11-2-3-14(22-21-11)23-4-5-27-13(8-24)16(23)26/h2-3,6-7,13,24-25H,4-5,8H2,1H3/t13-/m1/s1. The van der Waals surface area contributed by atoms with Crippen molar-refractivity contribution in [3.05, 3.63) is 35.4 Å². The number of alkyl halides is 3. The van der Waals surface area contributed by atoms with Crippen LogP contribution in [0.25, 0.3) is 11.3 Å². The first kappa shape index (κ1) is 19.1. The molecule has 0 unspecified atom stereocenters. The second kappa shape index (κ2) is 7.12. The van der Waals surface area contributed by atoms with Gasteiger partial charge in [-0.1, -0.05) is 0 Å². The zero-order valence-corrected chi connectivity index (χ0v) is 14.2. The number of hydrogen-bond donors (Lipinski definition) is 2. The zero-order valence-electron chi connectivity index (χ0n) is 14.2. The van der Waals surface area contributed by atoms with Crippen LogP contribution in [0.3, 0.4) is 0 Å². The number of nitrogens with zero attached hydrogens (tertiary/aromatic N) is 3. The van der Waals surface area contributed by atoms with E-state index in [1.807, 2.05) is 0 Å². The minimum absolute atomic E-state index is 0.128. The summed E-state index contributed by atoms with van der Waals surface area (Å²) in [4.78, 5) is 13.5.